The van der Waals surface area contributed by atoms with Gasteiger partial charge in [-0.1, -0.05) is 0 Å². The minimum absolute atomic E-state index is 0.0952. The number of nitrogens with zero attached hydrogens (tertiary/aromatic N) is 1. The number of ether oxygens (including phenoxy) is 2. The molecule has 1 aromatic carbocycles. The lowest BCUT2D eigenvalue weighted by Gasteiger charge is -2.26. The minimum Gasteiger partial charge on any atom is -0.490 e. The van der Waals surface area contributed by atoms with E-state index in [9.17, 15) is 18.8 Å². The van der Waals surface area contributed by atoms with Gasteiger partial charge in [0.05, 0.1) is 6.61 Å². The normalized spacial score (nSPS) is 14.9. The number of alkyl halides is 1. The molecule has 0 saturated carbocycles. The van der Waals surface area contributed by atoms with Crippen LogP contribution in [0.1, 0.15) is 36.5 Å². The molecular weight excluding hydrogens is 371 g/mol. The first-order valence-corrected chi connectivity index (χ1v) is 9.23. The van der Waals surface area contributed by atoms with Gasteiger partial charge in [-0.2, -0.15) is 0 Å². The van der Waals surface area contributed by atoms with Crippen LogP contribution in [0.15, 0.2) is 18.2 Å². The number of likely N-dealkylation sites (tertiary alicyclic amines) is 1. The average Bonchev–Trinajstić information content (AvgIpc) is 2.71. The van der Waals surface area contributed by atoms with Gasteiger partial charge in [-0.25, -0.2) is 9.18 Å². The van der Waals surface area contributed by atoms with Crippen LogP contribution >= 0.6 is 0 Å². The number of carboxylic acid groups (broad SMARTS) is 1. The first kappa shape index (κ1) is 21.5. The van der Waals surface area contributed by atoms with Crippen LogP contribution in [0, 0.1) is 0 Å². The van der Waals surface area contributed by atoms with Crippen LogP contribution in [0.3, 0.4) is 0 Å². The molecule has 0 spiro atoms. The van der Waals surface area contributed by atoms with Crippen LogP contribution < -0.4 is 14.8 Å². The van der Waals surface area contributed by atoms with Crippen molar-refractivity contribution < 1.29 is 33.4 Å². The van der Waals surface area contributed by atoms with E-state index in [1.807, 2.05) is 0 Å². The standard InChI is InChI=1S/C19H25FN2O6/c1-2-27-16-10-13(18(24)21-14(11-20)19(25)26)6-7-15(16)28-12-17(23)22-8-4-3-5-9-22/h6-7,10,14H,2-5,8-9,11-12H2,1H3,(H,21,24)(H,25,26). The smallest absolute Gasteiger partial charge is 0.328 e. The molecular formula is C19H25FN2O6. The maximum atomic E-state index is 12.7. The van der Waals surface area contributed by atoms with E-state index >= 15 is 0 Å². The number of aliphatic carboxylic acids is 1. The molecule has 0 aliphatic carbocycles. The van der Waals surface area contributed by atoms with E-state index in [1.165, 1.54) is 18.2 Å². The minimum atomic E-state index is -1.62. The molecule has 154 valence electrons. The summed E-state index contributed by atoms with van der Waals surface area (Å²) in [6.45, 7) is 2.12. The molecule has 8 nitrogen and oxygen atoms in total. The highest BCUT2D eigenvalue weighted by molar-refractivity contribution is 5.97. The Hall–Kier alpha value is -2.84. The summed E-state index contributed by atoms with van der Waals surface area (Å²) >= 11 is 0. The fourth-order valence-corrected chi connectivity index (χ4v) is 2.82. The monoisotopic (exact) mass is 396 g/mol. The number of rotatable bonds is 9. The first-order valence-electron chi connectivity index (χ1n) is 9.23. The topological polar surface area (TPSA) is 105 Å². The Bertz CT molecular complexity index is 706. The first-order chi connectivity index (χ1) is 13.5. The Morgan fingerprint density at radius 1 is 1.18 bits per heavy atom. The van der Waals surface area contributed by atoms with Crippen molar-refractivity contribution in [3.8, 4) is 11.5 Å². The van der Waals surface area contributed by atoms with Crippen LogP contribution in [0.2, 0.25) is 0 Å². The number of carboxylic acids is 1. The molecule has 1 unspecified atom stereocenters. The number of hydrogen-bond donors (Lipinski definition) is 2. The van der Waals surface area contributed by atoms with Gasteiger partial charge in [-0.15, -0.1) is 0 Å². The molecule has 1 saturated heterocycles. The van der Waals surface area contributed by atoms with E-state index < -0.39 is 24.6 Å². The number of halogens is 1. The van der Waals surface area contributed by atoms with Gasteiger partial charge in [0.25, 0.3) is 11.8 Å². The predicted molar refractivity (Wildman–Crippen MR) is 98.4 cm³/mol. The Labute approximate surface area is 162 Å². The number of carbonyl (C=O) groups excluding carboxylic acids is 2. The molecule has 2 N–H and O–H groups in total. The third-order valence-electron chi connectivity index (χ3n) is 4.32. The van der Waals surface area contributed by atoms with Crippen molar-refractivity contribution in [1.29, 1.82) is 0 Å². The number of nitrogens with one attached hydrogen (secondary N) is 1. The number of hydrogen-bond acceptors (Lipinski definition) is 5. The van der Waals surface area contributed by atoms with Crippen LogP contribution in [0.4, 0.5) is 4.39 Å². The zero-order chi connectivity index (χ0) is 20.5. The van der Waals surface area contributed by atoms with Gasteiger partial charge in [-0.3, -0.25) is 9.59 Å². The van der Waals surface area contributed by atoms with Crippen LogP contribution in [-0.4, -0.2) is 66.8 Å². The van der Waals surface area contributed by atoms with Crippen molar-refractivity contribution in [2.24, 2.45) is 0 Å². The van der Waals surface area contributed by atoms with Crippen molar-refractivity contribution in [3.63, 3.8) is 0 Å². The Morgan fingerprint density at radius 3 is 2.50 bits per heavy atom. The maximum absolute atomic E-state index is 12.7. The molecule has 2 amide bonds. The summed E-state index contributed by atoms with van der Waals surface area (Å²) in [6, 6.07) is 2.61. The molecule has 28 heavy (non-hydrogen) atoms. The lowest BCUT2D eigenvalue weighted by molar-refractivity contribution is -0.139. The molecule has 0 radical (unpaired) electrons. The molecule has 9 heteroatoms. The molecule has 1 fully saturated rings. The summed E-state index contributed by atoms with van der Waals surface area (Å²) in [7, 11) is 0. The molecule has 2 rings (SSSR count). The molecule has 1 aliphatic heterocycles. The summed E-state index contributed by atoms with van der Waals surface area (Å²) in [6.07, 6.45) is 3.08. The van der Waals surface area contributed by atoms with Crippen molar-refractivity contribution in [3.05, 3.63) is 23.8 Å². The second kappa shape index (κ2) is 10.5. The summed E-state index contributed by atoms with van der Waals surface area (Å²) in [5.41, 5.74) is 0.0952. The van der Waals surface area contributed by atoms with Gasteiger partial charge in [0.2, 0.25) is 0 Å². The Kier molecular flexibility index (Phi) is 8.03. The van der Waals surface area contributed by atoms with Gasteiger partial charge in [0, 0.05) is 18.7 Å². The van der Waals surface area contributed by atoms with Gasteiger partial charge in [-0.05, 0) is 44.4 Å². The summed E-state index contributed by atoms with van der Waals surface area (Å²) in [5, 5.41) is 10.9. The highest BCUT2D eigenvalue weighted by Gasteiger charge is 2.22. The van der Waals surface area contributed by atoms with Crippen LogP contribution in [0.5, 0.6) is 11.5 Å². The predicted octanol–water partition coefficient (Wildman–Crippen LogP) is 1.63. The van der Waals surface area contributed by atoms with Gasteiger partial charge in [0.1, 0.15) is 6.67 Å². The lowest BCUT2D eigenvalue weighted by Crippen LogP contribution is -2.42. The van der Waals surface area contributed by atoms with Gasteiger partial charge >= 0.3 is 5.97 Å². The molecule has 1 atom stereocenters. The van der Waals surface area contributed by atoms with Crippen molar-refractivity contribution in [2.45, 2.75) is 32.2 Å². The van der Waals surface area contributed by atoms with E-state index in [-0.39, 0.29) is 23.8 Å². The van der Waals surface area contributed by atoms with Crippen LogP contribution in [0.25, 0.3) is 0 Å². The quantitative estimate of drug-likeness (QED) is 0.657. The van der Waals surface area contributed by atoms with E-state index in [2.05, 4.69) is 5.32 Å². The Balaban J connectivity index is 2.05. The molecule has 1 aromatic rings. The highest BCUT2D eigenvalue weighted by Crippen LogP contribution is 2.28. The highest BCUT2D eigenvalue weighted by atomic mass is 19.1. The lowest BCUT2D eigenvalue weighted by atomic mass is 10.1. The second-order valence-electron chi connectivity index (χ2n) is 6.34. The average molecular weight is 396 g/mol. The molecule has 1 heterocycles. The third kappa shape index (κ3) is 5.83. The summed E-state index contributed by atoms with van der Waals surface area (Å²) < 4.78 is 23.7. The number of carbonyl (C=O) groups is 3. The summed E-state index contributed by atoms with van der Waals surface area (Å²) in [5.74, 6) is -1.78. The second-order valence-corrected chi connectivity index (χ2v) is 6.34. The van der Waals surface area contributed by atoms with Crippen molar-refractivity contribution in [2.75, 3.05) is 33.0 Å². The van der Waals surface area contributed by atoms with Crippen molar-refractivity contribution >= 4 is 17.8 Å². The number of amides is 2. The SMILES string of the molecule is CCOc1cc(C(=O)NC(CF)C(=O)O)ccc1OCC(=O)N1CCCCC1. The zero-order valence-corrected chi connectivity index (χ0v) is 15.8. The number of piperidine rings is 1. The maximum Gasteiger partial charge on any atom is 0.328 e. The van der Waals surface area contributed by atoms with E-state index in [4.69, 9.17) is 14.6 Å². The fraction of sp³-hybridized carbons (Fsp3) is 0.526. The van der Waals surface area contributed by atoms with E-state index in [0.29, 0.717) is 12.4 Å². The van der Waals surface area contributed by atoms with Gasteiger partial charge < -0.3 is 24.8 Å². The molecule has 0 aromatic heterocycles. The summed E-state index contributed by atoms with van der Waals surface area (Å²) in [4.78, 5) is 37.0. The van der Waals surface area contributed by atoms with E-state index in [0.717, 1.165) is 32.4 Å². The molecule has 0 bridgehead atoms. The number of benzene rings is 1. The fourth-order valence-electron chi connectivity index (χ4n) is 2.82. The van der Waals surface area contributed by atoms with Gasteiger partial charge in [0.15, 0.2) is 24.1 Å². The van der Waals surface area contributed by atoms with Crippen LogP contribution in [-0.2, 0) is 9.59 Å². The Morgan fingerprint density at radius 2 is 1.89 bits per heavy atom. The zero-order valence-electron chi connectivity index (χ0n) is 15.8. The van der Waals surface area contributed by atoms with Crippen molar-refractivity contribution in [1.82, 2.24) is 10.2 Å². The third-order valence-corrected chi connectivity index (χ3v) is 4.32. The molecule has 1 aliphatic rings. The largest absolute Gasteiger partial charge is 0.490 e. The van der Waals surface area contributed by atoms with E-state index in [1.54, 1.807) is 11.8 Å².